The van der Waals surface area contributed by atoms with Crippen LogP contribution in [-0.2, 0) is 17.6 Å². The lowest BCUT2D eigenvalue weighted by molar-refractivity contribution is 0.194. The topological polar surface area (TPSA) is 47.0 Å². The van der Waals surface area contributed by atoms with E-state index in [4.69, 9.17) is 4.74 Å². The van der Waals surface area contributed by atoms with E-state index in [1.165, 1.54) is 5.56 Å². The van der Waals surface area contributed by atoms with Crippen LogP contribution in [-0.4, -0.2) is 30.7 Å². The minimum Gasteiger partial charge on any atom is -0.385 e. The van der Waals surface area contributed by atoms with Crippen LogP contribution < -0.4 is 5.32 Å². The second-order valence-corrected chi connectivity index (χ2v) is 3.75. The Kier molecular flexibility index (Phi) is 5.19. The smallest absolute Gasteiger partial charge is 0.132 e. The van der Waals surface area contributed by atoms with Crippen LogP contribution >= 0.6 is 0 Å². The Labute approximate surface area is 97.5 Å². The van der Waals surface area contributed by atoms with Crippen molar-refractivity contribution in [3.8, 4) is 0 Å². The molecule has 0 fully saturated rings. The third-order valence-electron chi connectivity index (χ3n) is 2.60. The second-order valence-electron chi connectivity index (χ2n) is 3.75. The van der Waals surface area contributed by atoms with Crippen LogP contribution in [0.5, 0.6) is 0 Å². The first-order valence-corrected chi connectivity index (χ1v) is 5.76. The lowest BCUT2D eigenvalue weighted by Gasteiger charge is -2.11. The first kappa shape index (κ1) is 12.9. The first-order chi connectivity index (χ1) is 7.72. The third-order valence-corrected chi connectivity index (χ3v) is 2.60. The Morgan fingerprint density at radius 2 is 2.06 bits per heavy atom. The molecule has 0 radical (unpaired) electrons. The number of nitrogens with zero attached hydrogens (tertiary/aromatic N) is 2. The number of nitrogens with one attached hydrogen (secondary N) is 1. The summed E-state index contributed by atoms with van der Waals surface area (Å²) in [5.41, 5.74) is 2.28. The fourth-order valence-corrected chi connectivity index (χ4v) is 1.77. The molecule has 1 rings (SSSR count). The predicted octanol–water partition coefficient (Wildman–Crippen LogP) is 1.97. The molecule has 0 aliphatic heterocycles. The van der Waals surface area contributed by atoms with Crippen LogP contribution in [0, 0.1) is 6.92 Å². The minimum atomic E-state index is 0.757. The van der Waals surface area contributed by atoms with Crippen molar-refractivity contribution >= 4 is 5.82 Å². The zero-order valence-electron chi connectivity index (χ0n) is 10.6. The van der Waals surface area contributed by atoms with Crippen LogP contribution in [0.25, 0.3) is 0 Å². The lowest BCUT2D eigenvalue weighted by atomic mass is 10.1. The molecule has 4 nitrogen and oxygen atoms in total. The molecule has 0 aliphatic rings. The van der Waals surface area contributed by atoms with Gasteiger partial charge in [-0.2, -0.15) is 0 Å². The van der Waals surface area contributed by atoms with Crippen molar-refractivity contribution < 1.29 is 4.74 Å². The summed E-state index contributed by atoms with van der Waals surface area (Å²) in [5, 5.41) is 3.14. The van der Waals surface area contributed by atoms with Gasteiger partial charge < -0.3 is 10.1 Å². The largest absolute Gasteiger partial charge is 0.385 e. The molecule has 4 heteroatoms. The van der Waals surface area contributed by atoms with Gasteiger partial charge in [0, 0.05) is 38.4 Å². The van der Waals surface area contributed by atoms with E-state index in [0.29, 0.717) is 0 Å². The highest BCUT2D eigenvalue weighted by molar-refractivity contribution is 5.45. The summed E-state index contributed by atoms with van der Waals surface area (Å²) in [5.74, 6) is 1.86. The Balaban J connectivity index is 2.83. The van der Waals surface area contributed by atoms with Gasteiger partial charge in [-0.1, -0.05) is 6.92 Å². The predicted molar refractivity (Wildman–Crippen MR) is 65.9 cm³/mol. The van der Waals surface area contributed by atoms with Crippen molar-refractivity contribution in [2.75, 3.05) is 26.1 Å². The number of rotatable bonds is 6. The van der Waals surface area contributed by atoms with Crippen molar-refractivity contribution in [3.63, 3.8) is 0 Å². The van der Waals surface area contributed by atoms with Crippen LogP contribution in [0.15, 0.2) is 0 Å². The molecule has 0 unspecified atom stereocenters. The molecule has 0 spiro atoms. The van der Waals surface area contributed by atoms with E-state index in [-0.39, 0.29) is 0 Å². The maximum absolute atomic E-state index is 5.02. The van der Waals surface area contributed by atoms with Crippen LogP contribution in [0.1, 0.15) is 30.4 Å². The number of anilines is 1. The van der Waals surface area contributed by atoms with E-state index >= 15 is 0 Å². The highest BCUT2D eigenvalue weighted by atomic mass is 16.5. The minimum absolute atomic E-state index is 0.757. The molecule has 0 saturated carbocycles. The molecule has 0 atom stereocenters. The van der Waals surface area contributed by atoms with Gasteiger partial charge in [-0.3, -0.25) is 0 Å². The van der Waals surface area contributed by atoms with Gasteiger partial charge in [-0.25, -0.2) is 9.97 Å². The fourth-order valence-electron chi connectivity index (χ4n) is 1.77. The molecule has 1 N–H and O–H groups in total. The molecule has 1 aromatic rings. The molecule has 16 heavy (non-hydrogen) atoms. The van der Waals surface area contributed by atoms with Gasteiger partial charge in [0.05, 0.1) is 0 Å². The van der Waals surface area contributed by atoms with Gasteiger partial charge in [0.1, 0.15) is 11.6 Å². The van der Waals surface area contributed by atoms with Crippen LogP contribution in [0.2, 0.25) is 0 Å². The lowest BCUT2D eigenvalue weighted by Crippen LogP contribution is -2.08. The Morgan fingerprint density at radius 3 is 2.62 bits per heavy atom. The van der Waals surface area contributed by atoms with E-state index in [0.717, 1.165) is 43.2 Å². The molecule has 0 aromatic carbocycles. The summed E-state index contributed by atoms with van der Waals surface area (Å²) in [6.45, 7) is 4.92. The van der Waals surface area contributed by atoms with Gasteiger partial charge in [0.15, 0.2) is 0 Å². The molecular weight excluding hydrogens is 202 g/mol. The third kappa shape index (κ3) is 3.17. The zero-order valence-corrected chi connectivity index (χ0v) is 10.6. The summed E-state index contributed by atoms with van der Waals surface area (Å²) in [7, 11) is 3.62. The first-order valence-electron chi connectivity index (χ1n) is 5.76. The molecule has 0 saturated heterocycles. The summed E-state index contributed by atoms with van der Waals surface area (Å²) in [4.78, 5) is 9.03. The average Bonchev–Trinajstić information content (AvgIpc) is 2.28. The fraction of sp³-hybridized carbons (Fsp3) is 0.667. The second kappa shape index (κ2) is 6.43. The maximum atomic E-state index is 5.02. The van der Waals surface area contributed by atoms with Crippen molar-refractivity contribution in [1.82, 2.24) is 9.97 Å². The number of ether oxygens (including phenoxy) is 1. The van der Waals surface area contributed by atoms with Gasteiger partial charge in [-0.05, 0) is 19.8 Å². The summed E-state index contributed by atoms with van der Waals surface area (Å²) in [6, 6.07) is 0. The molecule has 1 heterocycles. The monoisotopic (exact) mass is 223 g/mol. The molecule has 1 aromatic heterocycles. The van der Waals surface area contributed by atoms with Crippen molar-refractivity contribution in [2.45, 2.75) is 33.1 Å². The number of hydrogen-bond acceptors (Lipinski definition) is 4. The van der Waals surface area contributed by atoms with Gasteiger partial charge >= 0.3 is 0 Å². The zero-order chi connectivity index (χ0) is 12.0. The van der Waals surface area contributed by atoms with E-state index in [1.807, 2.05) is 14.0 Å². The van der Waals surface area contributed by atoms with Crippen LogP contribution in [0.4, 0.5) is 5.82 Å². The van der Waals surface area contributed by atoms with E-state index in [1.54, 1.807) is 7.11 Å². The summed E-state index contributed by atoms with van der Waals surface area (Å²) >= 11 is 0. The number of methoxy groups -OCH3 is 1. The number of hydrogen-bond donors (Lipinski definition) is 1. The number of aryl methyl sites for hydroxylation is 2. The normalized spacial score (nSPS) is 10.5. The highest BCUT2D eigenvalue weighted by Gasteiger charge is 2.08. The van der Waals surface area contributed by atoms with E-state index < -0.39 is 0 Å². The molecule has 0 aliphatic carbocycles. The molecular formula is C12H21N3O. The van der Waals surface area contributed by atoms with E-state index in [9.17, 15) is 0 Å². The Morgan fingerprint density at radius 1 is 1.31 bits per heavy atom. The standard InChI is InChI=1S/C12H21N3O/c1-5-10-9(2)14-11(7-6-8-16-4)15-12(10)13-3/h5-8H2,1-4H3,(H,13,14,15). The SMILES string of the molecule is CCc1c(C)nc(CCCOC)nc1NC. The summed E-state index contributed by atoms with van der Waals surface area (Å²) in [6.07, 6.45) is 2.79. The van der Waals surface area contributed by atoms with Gasteiger partial charge in [-0.15, -0.1) is 0 Å². The average molecular weight is 223 g/mol. The van der Waals surface area contributed by atoms with Crippen molar-refractivity contribution in [3.05, 3.63) is 17.1 Å². The number of aromatic nitrogens is 2. The van der Waals surface area contributed by atoms with Gasteiger partial charge in [0.2, 0.25) is 0 Å². The Hall–Kier alpha value is -1.16. The highest BCUT2D eigenvalue weighted by Crippen LogP contribution is 2.16. The molecule has 90 valence electrons. The van der Waals surface area contributed by atoms with Crippen molar-refractivity contribution in [2.24, 2.45) is 0 Å². The van der Waals surface area contributed by atoms with Crippen molar-refractivity contribution in [1.29, 1.82) is 0 Å². The van der Waals surface area contributed by atoms with E-state index in [2.05, 4.69) is 22.2 Å². The summed E-state index contributed by atoms with van der Waals surface area (Å²) < 4.78 is 5.02. The van der Waals surface area contributed by atoms with Gasteiger partial charge in [0.25, 0.3) is 0 Å². The maximum Gasteiger partial charge on any atom is 0.132 e. The quantitative estimate of drug-likeness (QED) is 0.749. The molecule has 0 bridgehead atoms. The van der Waals surface area contributed by atoms with Crippen LogP contribution in [0.3, 0.4) is 0 Å². The Bertz CT molecular complexity index is 339. The molecule has 0 amide bonds.